The molecule has 7 heavy (non-hydrogen) atoms. The molecule has 0 nitrogen and oxygen atoms in total. The van der Waals surface area contributed by atoms with Gasteiger partial charge in [0.05, 0.1) is 0 Å². The van der Waals surface area contributed by atoms with Gasteiger partial charge in [-0.3, -0.25) is 0 Å². The number of halogens is 4. The van der Waals surface area contributed by atoms with Crippen LogP contribution in [-0.2, 0) is 16.5 Å². The van der Waals surface area contributed by atoms with Gasteiger partial charge < -0.3 is 24.7 Å². The van der Waals surface area contributed by atoms with Crippen molar-refractivity contribution >= 4 is 7.25 Å². The van der Waals surface area contributed by atoms with Crippen LogP contribution in [0, 0.1) is 7.43 Å². The molecule has 0 aliphatic heterocycles. The Hall–Kier alpha value is 0.278. The first kappa shape index (κ1) is 15.7. The summed E-state index contributed by atoms with van der Waals surface area (Å²) >= 11 is 0. The van der Waals surface area contributed by atoms with Crippen LogP contribution in [0.15, 0.2) is 0 Å². The van der Waals surface area contributed by atoms with Crippen molar-refractivity contribution in [2.45, 2.75) is 0 Å². The van der Waals surface area contributed by atoms with E-state index in [1.54, 1.807) is 0 Å². The van der Waals surface area contributed by atoms with Crippen molar-refractivity contribution in [1.29, 1.82) is 0 Å². The summed E-state index contributed by atoms with van der Waals surface area (Å²) in [7, 11) is -6.00. The Balaban J connectivity index is -0.0000000800. The molecular weight excluding hydrogens is 158 g/mol. The van der Waals surface area contributed by atoms with Crippen molar-refractivity contribution in [2.75, 3.05) is 0 Å². The van der Waals surface area contributed by atoms with Crippen molar-refractivity contribution in [3.63, 3.8) is 0 Å². The maximum Gasteiger partial charge on any atom is 2.00 e. The molecule has 6 heteroatoms. The summed E-state index contributed by atoms with van der Waals surface area (Å²) in [6.45, 7) is 0. The second kappa shape index (κ2) is 4.44. The van der Waals surface area contributed by atoms with Crippen LogP contribution in [0.25, 0.3) is 0 Å². The Bertz CT molecular complexity index is 27.2. The van der Waals surface area contributed by atoms with Crippen molar-refractivity contribution < 1.29 is 33.8 Å². The molecular formula is CH3BF4Ni. The molecule has 0 atom stereocenters. The number of hydrogen-bond donors (Lipinski definition) is 0. The van der Waals surface area contributed by atoms with Gasteiger partial charge in [-0.1, -0.05) is 0 Å². The quantitative estimate of drug-likeness (QED) is 0.288. The van der Waals surface area contributed by atoms with Crippen LogP contribution in [0.2, 0.25) is 0 Å². The molecule has 0 radical (unpaired) electrons. The molecule has 0 aromatic carbocycles. The van der Waals surface area contributed by atoms with E-state index in [0.29, 0.717) is 0 Å². The van der Waals surface area contributed by atoms with Gasteiger partial charge in [-0.15, -0.1) is 0 Å². The molecule has 48 valence electrons. The van der Waals surface area contributed by atoms with E-state index in [1.807, 2.05) is 0 Å². The molecule has 0 fully saturated rings. The van der Waals surface area contributed by atoms with Crippen LogP contribution in [0.4, 0.5) is 17.3 Å². The third-order valence-electron chi connectivity index (χ3n) is 0. The normalized spacial score (nSPS) is 8.57. The maximum atomic E-state index is 9.75. The third kappa shape index (κ3) is 1480. The van der Waals surface area contributed by atoms with Crippen LogP contribution in [0.5, 0.6) is 0 Å². The molecule has 0 saturated carbocycles. The minimum atomic E-state index is -6.00. The fourth-order valence-corrected chi connectivity index (χ4v) is 0. The molecule has 0 N–H and O–H groups in total. The molecule has 0 spiro atoms. The molecule has 0 saturated heterocycles. The van der Waals surface area contributed by atoms with E-state index in [0.717, 1.165) is 0 Å². The molecule has 0 heterocycles. The average Bonchev–Trinajstić information content (AvgIpc) is 0.722. The standard InChI is InChI=1S/CH3.BF4.Ni/c;2-1(3,4)5;/h1H3;;/q2*-1;+2. The molecule has 0 bridgehead atoms. The minimum absolute atomic E-state index is 0. The Morgan fingerprint density at radius 3 is 0.857 bits per heavy atom. The first-order valence-corrected chi connectivity index (χ1v) is 0.873. The summed E-state index contributed by atoms with van der Waals surface area (Å²) in [5.41, 5.74) is 0. The summed E-state index contributed by atoms with van der Waals surface area (Å²) in [5.74, 6) is 0. The molecule has 0 aromatic heterocycles. The molecule has 0 aliphatic carbocycles. The van der Waals surface area contributed by atoms with Gasteiger partial charge in [0.1, 0.15) is 0 Å². The Morgan fingerprint density at radius 2 is 0.857 bits per heavy atom. The van der Waals surface area contributed by atoms with Gasteiger partial charge in [-0.2, -0.15) is 0 Å². The van der Waals surface area contributed by atoms with E-state index < -0.39 is 7.25 Å². The van der Waals surface area contributed by atoms with Gasteiger partial charge in [0.25, 0.3) is 0 Å². The molecule has 0 aliphatic rings. The zero-order chi connectivity index (χ0) is 4.50. The number of rotatable bonds is 0. The predicted octanol–water partition coefficient (Wildman–Crippen LogP) is 1.75. The Morgan fingerprint density at radius 1 is 0.857 bits per heavy atom. The molecule has 0 rings (SSSR count). The van der Waals surface area contributed by atoms with Gasteiger partial charge in [-0.05, 0) is 0 Å². The smallest absolute Gasteiger partial charge is 0.418 e. The zero-order valence-electron chi connectivity index (χ0n) is 3.41. The zero-order valence-corrected chi connectivity index (χ0v) is 4.39. The topological polar surface area (TPSA) is 0 Å². The summed E-state index contributed by atoms with van der Waals surface area (Å²) in [5, 5.41) is 0. The average molecular weight is 161 g/mol. The largest absolute Gasteiger partial charge is 2.00 e. The SMILES string of the molecule is F[B-](F)(F)F.[CH3-].[Ni+2]. The summed E-state index contributed by atoms with van der Waals surface area (Å²) in [6, 6.07) is 0. The second-order valence-corrected chi connectivity index (χ2v) is 0.495. The van der Waals surface area contributed by atoms with Gasteiger partial charge in [0.2, 0.25) is 0 Å². The number of hydrogen-bond acceptors (Lipinski definition) is 0. The minimum Gasteiger partial charge on any atom is -0.418 e. The van der Waals surface area contributed by atoms with E-state index in [4.69, 9.17) is 0 Å². The molecule has 0 aromatic rings. The van der Waals surface area contributed by atoms with Gasteiger partial charge in [0, 0.05) is 0 Å². The van der Waals surface area contributed by atoms with Gasteiger partial charge in [-0.25, -0.2) is 0 Å². The van der Waals surface area contributed by atoms with Crippen molar-refractivity contribution in [3.05, 3.63) is 7.43 Å². The first-order chi connectivity index (χ1) is 2.00. The molecule has 0 amide bonds. The summed E-state index contributed by atoms with van der Waals surface area (Å²) in [6.07, 6.45) is 0. The Kier molecular flexibility index (Phi) is 9.94. The van der Waals surface area contributed by atoms with E-state index in [-0.39, 0.29) is 23.9 Å². The van der Waals surface area contributed by atoms with E-state index in [2.05, 4.69) is 0 Å². The molecule has 0 unspecified atom stereocenters. The van der Waals surface area contributed by atoms with Crippen LogP contribution >= 0.6 is 0 Å². The van der Waals surface area contributed by atoms with Crippen LogP contribution < -0.4 is 0 Å². The van der Waals surface area contributed by atoms with Crippen molar-refractivity contribution in [2.24, 2.45) is 0 Å². The van der Waals surface area contributed by atoms with Crippen molar-refractivity contribution in [1.82, 2.24) is 0 Å². The summed E-state index contributed by atoms with van der Waals surface area (Å²) < 4.78 is 39.0. The van der Waals surface area contributed by atoms with Crippen LogP contribution in [-0.4, -0.2) is 7.25 Å². The Labute approximate surface area is 49.3 Å². The second-order valence-electron chi connectivity index (χ2n) is 0.495. The van der Waals surface area contributed by atoms with E-state index in [9.17, 15) is 17.3 Å². The first-order valence-electron chi connectivity index (χ1n) is 0.873. The van der Waals surface area contributed by atoms with E-state index >= 15 is 0 Å². The predicted molar refractivity (Wildman–Crippen MR) is 16.6 cm³/mol. The van der Waals surface area contributed by atoms with Gasteiger partial charge in [0.15, 0.2) is 0 Å². The fraction of sp³-hybridized carbons (Fsp3) is 0. The van der Waals surface area contributed by atoms with Crippen LogP contribution in [0.1, 0.15) is 0 Å². The monoisotopic (exact) mass is 160 g/mol. The van der Waals surface area contributed by atoms with Gasteiger partial charge >= 0.3 is 23.7 Å². The van der Waals surface area contributed by atoms with Crippen molar-refractivity contribution in [3.8, 4) is 0 Å². The summed E-state index contributed by atoms with van der Waals surface area (Å²) in [4.78, 5) is 0. The van der Waals surface area contributed by atoms with Crippen LogP contribution in [0.3, 0.4) is 0 Å². The fourth-order valence-electron chi connectivity index (χ4n) is 0. The maximum absolute atomic E-state index is 9.75. The third-order valence-corrected chi connectivity index (χ3v) is 0. The van der Waals surface area contributed by atoms with E-state index in [1.165, 1.54) is 0 Å².